The van der Waals surface area contributed by atoms with Gasteiger partial charge in [0.25, 0.3) is 0 Å². The van der Waals surface area contributed by atoms with E-state index >= 15 is 0 Å². The van der Waals surface area contributed by atoms with Gasteiger partial charge >= 0.3 is 5.97 Å². The number of rotatable bonds is 4. The first kappa shape index (κ1) is 15.7. The van der Waals surface area contributed by atoms with Crippen molar-refractivity contribution in [3.8, 4) is 0 Å². The van der Waals surface area contributed by atoms with E-state index in [0.29, 0.717) is 12.2 Å². The van der Waals surface area contributed by atoms with Crippen molar-refractivity contribution < 1.29 is 14.3 Å². The van der Waals surface area contributed by atoms with Crippen molar-refractivity contribution in [3.63, 3.8) is 0 Å². The van der Waals surface area contributed by atoms with Crippen LogP contribution in [0.1, 0.15) is 12.8 Å². The summed E-state index contributed by atoms with van der Waals surface area (Å²) in [5.74, 6) is -0.538. The van der Waals surface area contributed by atoms with Crippen LogP contribution < -0.4 is 5.32 Å². The van der Waals surface area contributed by atoms with Crippen molar-refractivity contribution >= 4 is 29.2 Å². The van der Waals surface area contributed by atoms with E-state index in [9.17, 15) is 9.59 Å². The van der Waals surface area contributed by atoms with Crippen LogP contribution in [0.2, 0.25) is 5.15 Å². The van der Waals surface area contributed by atoms with E-state index in [-0.39, 0.29) is 29.5 Å². The van der Waals surface area contributed by atoms with E-state index < -0.39 is 0 Å². The molecule has 6 nitrogen and oxygen atoms in total. The minimum Gasteiger partial charge on any atom is -0.469 e. The lowest BCUT2D eigenvalue weighted by Crippen LogP contribution is -2.42. The van der Waals surface area contributed by atoms with Crippen LogP contribution in [0.4, 0.5) is 5.69 Å². The molecule has 2 rings (SSSR count). The van der Waals surface area contributed by atoms with E-state index in [0.717, 1.165) is 19.4 Å². The third kappa shape index (κ3) is 4.41. The maximum absolute atomic E-state index is 12.0. The Morgan fingerprint density at radius 1 is 1.57 bits per heavy atom. The highest BCUT2D eigenvalue weighted by Gasteiger charge is 2.27. The molecule has 0 unspecified atom stereocenters. The monoisotopic (exact) mass is 311 g/mol. The Morgan fingerprint density at radius 2 is 2.38 bits per heavy atom. The van der Waals surface area contributed by atoms with E-state index in [2.05, 4.69) is 10.3 Å². The van der Waals surface area contributed by atoms with Crippen LogP contribution in [0.25, 0.3) is 0 Å². The number of nitrogens with one attached hydrogen (secondary N) is 1. The molecule has 1 atom stereocenters. The molecule has 1 saturated heterocycles. The molecule has 7 heteroatoms. The number of methoxy groups -OCH3 is 1. The van der Waals surface area contributed by atoms with Gasteiger partial charge in [-0.3, -0.25) is 14.5 Å². The van der Waals surface area contributed by atoms with E-state index in [4.69, 9.17) is 16.3 Å². The summed E-state index contributed by atoms with van der Waals surface area (Å²) in [5, 5.41) is 2.99. The SMILES string of the molecule is COC(=O)[C@H]1CCCN(CC(=O)Nc2cccnc2Cl)C1. The largest absolute Gasteiger partial charge is 0.469 e. The summed E-state index contributed by atoms with van der Waals surface area (Å²) >= 11 is 5.89. The van der Waals surface area contributed by atoms with Gasteiger partial charge in [-0.15, -0.1) is 0 Å². The van der Waals surface area contributed by atoms with Crippen molar-refractivity contribution in [2.45, 2.75) is 12.8 Å². The lowest BCUT2D eigenvalue weighted by atomic mass is 9.98. The number of nitrogens with zero attached hydrogens (tertiary/aromatic N) is 2. The minimum absolute atomic E-state index is 0.154. The van der Waals surface area contributed by atoms with Crippen molar-refractivity contribution in [2.75, 3.05) is 32.1 Å². The molecule has 0 aliphatic carbocycles. The van der Waals surface area contributed by atoms with E-state index in [1.165, 1.54) is 7.11 Å². The second kappa shape index (κ2) is 7.38. The van der Waals surface area contributed by atoms with E-state index in [1.54, 1.807) is 18.3 Å². The highest BCUT2D eigenvalue weighted by Crippen LogP contribution is 2.19. The minimum atomic E-state index is -0.213. The van der Waals surface area contributed by atoms with Gasteiger partial charge in [0.1, 0.15) is 0 Å². The Balaban J connectivity index is 1.88. The highest BCUT2D eigenvalue weighted by atomic mass is 35.5. The van der Waals surface area contributed by atoms with Gasteiger partial charge in [-0.1, -0.05) is 11.6 Å². The summed E-state index contributed by atoms with van der Waals surface area (Å²) in [6.07, 6.45) is 3.24. The van der Waals surface area contributed by atoms with Crippen LogP contribution in [-0.4, -0.2) is 48.5 Å². The van der Waals surface area contributed by atoms with Crippen LogP contribution in [0.3, 0.4) is 0 Å². The fraction of sp³-hybridized carbons (Fsp3) is 0.500. The molecule has 1 aliphatic heterocycles. The average Bonchev–Trinajstić information content (AvgIpc) is 2.49. The fourth-order valence-electron chi connectivity index (χ4n) is 2.43. The van der Waals surface area contributed by atoms with Crippen molar-refractivity contribution in [2.24, 2.45) is 5.92 Å². The number of piperidine rings is 1. The number of anilines is 1. The van der Waals surface area contributed by atoms with Gasteiger partial charge in [0, 0.05) is 12.7 Å². The molecule has 0 saturated carbocycles. The molecular weight excluding hydrogens is 294 g/mol. The Morgan fingerprint density at radius 3 is 3.10 bits per heavy atom. The third-order valence-electron chi connectivity index (χ3n) is 3.44. The quantitative estimate of drug-likeness (QED) is 0.675. The molecule has 21 heavy (non-hydrogen) atoms. The standard InChI is InChI=1S/C14H18ClN3O3/c1-21-14(20)10-4-3-7-18(8-10)9-12(19)17-11-5-2-6-16-13(11)15/h2,5-6,10H,3-4,7-9H2,1H3,(H,17,19)/t10-/m0/s1. The molecule has 114 valence electrons. The Bertz CT molecular complexity index is 524. The number of likely N-dealkylation sites (tertiary alicyclic amines) is 1. The summed E-state index contributed by atoms with van der Waals surface area (Å²) in [6, 6.07) is 3.40. The smallest absolute Gasteiger partial charge is 0.309 e. The molecule has 2 heterocycles. The molecule has 1 aromatic heterocycles. The number of hydrogen-bond acceptors (Lipinski definition) is 5. The highest BCUT2D eigenvalue weighted by molar-refractivity contribution is 6.32. The van der Waals surface area contributed by atoms with Crippen LogP contribution in [0.15, 0.2) is 18.3 Å². The van der Waals surface area contributed by atoms with Gasteiger partial charge in [-0.2, -0.15) is 0 Å². The summed E-state index contributed by atoms with van der Waals surface area (Å²) < 4.78 is 4.76. The number of esters is 1. The lowest BCUT2D eigenvalue weighted by Gasteiger charge is -2.30. The van der Waals surface area contributed by atoms with E-state index in [1.807, 2.05) is 4.90 Å². The molecule has 1 aromatic rings. The molecule has 0 radical (unpaired) electrons. The Hall–Kier alpha value is -1.66. The molecule has 1 N–H and O–H groups in total. The normalized spacial score (nSPS) is 19.0. The third-order valence-corrected chi connectivity index (χ3v) is 3.74. The van der Waals surface area contributed by atoms with Crippen LogP contribution >= 0.6 is 11.6 Å². The number of ether oxygens (including phenoxy) is 1. The van der Waals surface area contributed by atoms with Crippen molar-refractivity contribution in [3.05, 3.63) is 23.5 Å². The molecule has 0 bridgehead atoms. The molecule has 1 amide bonds. The van der Waals surface area contributed by atoms with Crippen LogP contribution in [0, 0.1) is 5.92 Å². The predicted octanol–water partition coefficient (Wildman–Crippen LogP) is 1.56. The van der Waals surface area contributed by atoms with Crippen LogP contribution in [0.5, 0.6) is 0 Å². The lowest BCUT2D eigenvalue weighted by molar-refractivity contribution is -0.147. The summed E-state index contributed by atoms with van der Waals surface area (Å²) in [5.41, 5.74) is 0.491. The number of halogens is 1. The average molecular weight is 312 g/mol. The Labute approximate surface area is 128 Å². The van der Waals surface area contributed by atoms with Gasteiger partial charge in [-0.25, -0.2) is 4.98 Å². The molecule has 0 aromatic carbocycles. The second-order valence-electron chi connectivity index (χ2n) is 4.99. The zero-order valence-electron chi connectivity index (χ0n) is 11.8. The van der Waals surface area contributed by atoms with Gasteiger partial charge < -0.3 is 10.1 Å². The number of amides is 1. The topological polar surface area (TPSA) is 71.5 Å². The summed E-state index contributed by atoms with van der Waals surface area (Å²) in [7, 11) is 1.39. The summed E-state index contributed by atoms with van der Waals surface area (Å²) in [6.45, 7) is 1.56. The van der Waals surface area contributed by atoms with Crippen molar-refractivity contribution in [1.82, 2.24) is 9.88 Å². The number of hydrogen-bond donors (Lipinski definition) is 1. The predicted molar refractivity (Wildman–Crippen MR) is 79.1 cm³/mol. The van der Waals surface area contributed by atoms with Gasteiger partial charge in [0.2, 0.25) is 5.91 Å². The van der Waals surface area contributed by atoms with Gasteiger partial charge in [0.15, 0.2) is 5.15 Å². The first-order chi connectivity index (χ1) is 10.1. The molecule has 0 spiro atoms. The first-order valence-corrected chi connectivity index (χ1v) is 7.18. The van der Waals surface area contributed by atoms with Crippen molar-refractivity contribution in [1.29, 1.82) is 0 Å². The number of pyridine rings is 1. The zero-order chi connectivity index (χ0) is 15.2. The van der Waals surface area contributed by atoms with Crippen LogP contribution in [-0.2, 0) is 14.3 Å². The molecule has 1 fully saturated rings. The Kier molecular flexibility index (Phi) is 5.52. The molecular formula is C14H18ClN3O3. The van der Waals surface area contributed by atoms with Gasteiger partial charge in [0.05, 0.1) is 25.3 Å². The summed E-state index contributed by atoms with van der Waals surface area (Å²) in [4.78, 5) is 29.4. The maximum Gasteiger partial charge on any atom is 0.309 e. The number of carbonyl (C=O) groups is 2. The fourth-order valence-corrected chi connectivity index (χ4v) is 2.60. The second-order valence-corrected chi connectivity index (χ2v) is 5.35. The zero-order valence-corrected chi connectivity index (χ0v) is 12.6. The maximum atomic E-state index is 12.0. The number of aromatic nitrogens is 1. The number of carbonyl (C=O) groups excluding carboxylic acids is 2. The molecule has 1 aliphatic rings. The first-order valence-electron chi connectivity index (χ1n) is 6.80. The van der Waals surface area contributed by atoms with Gasteiger partial charge in [-0.05, 0) is 31.5 Å².